The number of allylic oxidation sites excluding steroid dienone is 5. The lowest BCUT2D eigenvalue weighted by Gasteiger charge is -2.20. The van der Waals surface area contributed by atoms with Crippen molar-refractivity contribution >= 4 is 11.9 Å². The van der Waals surface area contributed by atoms with Crippen LogP contribution in [0.25, 0.3) is 0 Å². The minimum Gasteiger partial charge on any atom is -0.466 e. The van der Waals surface area contributed by atoms with Crippen molar-refractivity contribution in [1.82, 2.24) is 5.32 Å². The number of hydrogen-bond acceptors (Lipinski definition) is 5. The van der Waals surface area contributed by atoms with Crippen LogP contribution < -0.4 is 5.32 Å². The van der Waals surface area contributed by atoms with Crippen LogP contribution in [0.2, 0.25) is 0 Å². The number of rotatable bonds is 56. The number of unbranched alkanes of at least 4 members (excludes halogenated alkanes) is 41. The molecule has 0 aromatic carbocycles. The molecule has 0 saturated carbocycles. The molecule has 400 valence electrons. The molecule has 2 atom stereocenters. The summed E-state index contributed by atoms with van der Waals surface area (Å²) in [4.78, 5) is 24.5. The molecule has 3 N–H and O–H groups in total. The van der Waals surface area contributed by atoms with Crippen LogP contribution in [-0.2, 0) is 14.3 Å². The molecule has 0 aliphatic carbocycles. The monoisotopic (exact) mass is 956 g/mol. The summed E-state index contributed by atoms with van der Waals surface area (Å²) < 4.78 is 5.44. The third-order valence-corrected chi connectivity index (χ3v) is 13.9. The highest BCUT2D eigenvalue weighted by Gasteiger charge is 2.18. The Hall–Kier alpha value is -1.92. The largest absolute Gasteiger partial charge is 0.466 e. The quantitative estimate of drug-likeness (QED) is 0.0321. The first-order valence-corrected chi connectivity index (χ1v) is 30.3. The molecule has 6 heteroatoms. The molecule has 0 aromatic heterocycles. The number of hydrogen-bond donors (Lipinski definition) is 3. The third-order valence-electron chi connectivity index (χ3n) is 13.9. The van der Waals surface area contributed by atoms with E-state index in [-0.39, 0.29) is 18.5 Å². The molecule has 0 heterocycles. The molecular formula is C62H117NO5. The Morgan fingerprint density at radius 2 is 0.691 bits per heavy atom. The highest BCUT2D eigenvalue weighted by Crippen LogP contribution is 2.17. The van der Waals surface area contributed by atoms with Crippen LogP contribution in [0.3, 0.4) is 0 Å². The molecule has 68 heavy (non-hydrogen) atoms. The smallest absolute Gasteiger partial charge is 0.305 e. The molecule has 2 unspecified atom stereocenters. The Morgan fingerprint density at radius 3 is 1.04 bits per heavy atom. The first kappa shape index (κ1) is 66.1. The van der Waals surface area contributed by atoms with Crippen molar-refractivity contribution in [3.63, 3.8) is 0 Å². The van der Waals surface area contributed by atoms with Gasteiger partial charge in [0.1, 0.15) is 0 Å². The maximum atomic E-state index is 12.5. The second-order valence-corrected chi connectivity index (χ2v) is 20.7. The van der Waals surface area contributed by atoms with E-state index in [1.807, 2.05) is 6.08 Å². The van der Waals surface area contributed by atoms with E-state index >= 15 is 0 Å². The first-order chi connectivity index (χ1) is 33.5. The predicted molar refractivity (Wildman–Crippen MR) is 296 cm³/mol. The second kappa shape index (κ2) is 57.7. The van der Waals surface area contributed by atoms with E-state index < -0.39 is 12.1 Å². The zero-order valence-electron chi connectivity index (χ0n) is 45.6. The Morgan fingerprint density at radius 1 is 0.397 bits per heavy atom. The van der Waals surface area contributed by atoms with E-state index in [1.165, 1.54) is 218 Å². The van der Waals surface area contributed by atoms with Gasteiger partial charge in [-0.05, 0) is 83.5 Å². The lowest BCUT2D eigenvalue weighted by atomic mass is 10.0. The third kappa shape index (κ3) is 53.4. The van der Waals surface area contributed by atoms with Gasteiger partial charge in [0.05, 0.1) is 25.4 Å². The van der Waals surface area contributed by atoms with Gasteiger partial charge in [-0.1, -0.05) is 262 Å². The topological polar surface area (TPSA) is 95.9 Å². The van der Waals surface area contributed by atoms with E-state index in [0.717, 1.165) is 77.0 Å². The normalized spacial score (nSPS) is 12.8. The average molecular weight is 957 g/mol. The van der Waals surface area contributed by atoms with Crippen LogP contribution >= 0.6 is 0 Å². The molecule has 0 rings (SSSR count). The summed E-state index contributed by atoms with van der Waals surface area (Å²) in [6, 6.07) is -0.655. The van der Waals surface area contributed by atoms with Gasteiger partial charge in [-0.15, -0.1) is 0 Å². The first-order valence-electron chi connectivity index (χ1n) is 30.3. The minimum atomic E-state index is -0.868. The number of esters is 1. The molecule has 1 amide bonds. The highest BCUT2D eigenvalue weighted by molar-refractivity contribution is 5.76. The fraction of sp³-hybridized carbons (Fsp3) is 0.871. The number of amides is 1. The summed E-state index contributed by atoms with van der Waals surface area (Å²) in [5, 5.41) is 23.2. The summed E-state index contributed by atoms with van der Waals surface area (Å²) in [5.41, 5.74) is 0. The number of nitrogens with one attached hydrogen (secondary N) is 1. The van der Waals surface area contributed by atoms with Gasteiger partial charge >= 0.3 is 5.97 Å². The minimum absolute atomic E-state index is 0.0452. The number of carbonyl (C=O) groups excluding carboxylic acids is 2. The van der Waals surface area contributed by atoms with Crippen LogP contribution in [0, 0.1) is 0 Å². The van der Waals surface area contributed by atoms with Gasteiger partial charge in [0.2, 0.25) is 5.91 Å². The summed E-state index contributed by atoms with van der Waals surface area (Å²) >= 11 is 0. The van der Waals surface area contributed by atoms with E-state index in [1.54, 1.807) is 6.08 Å². The summed E-state index contributed by atoms with van der Waals surface area (Å²) in [6.07, 6.45) is 71.8. The van der Waals surface area contributed by atoms with Crippen molar-refractivity contribution in [1.29, 1.82) is 0 Å². The maximum Gasteiger partial charge on any atom is 0.305 e. The van der Waals surface area contributed by atoms with Crippen LogP contribution in [0.4, 0.5) is 0 Å². The Bertz CT molecular complexity index is 1100. The summed E-state index contributed by atoms with van der Waals surface area (Å²) in [7, 11) is 0. The number of aliphatic hydroxyl groups is 2. The maximum absolute atomic E-state index is 12.5. The van der Waals surface area contributed by atoms with Crippen LogP contribution in [-0.4, -0.2) is 47.4 Å². The number of aliphatic hydroxyl groups excluding tert-OH is 2. The van der Waals surface area contributed by atoms with Gasteiger partial charge in [0, 0.05) is 12.8 Å². The predicted octanol–water partition coefficient (Wildman–Crippen LogP) is 18.8. The van der Waals surface area contributed by atoms with Crippen molar-refractivity contribution < 1.29 is 24.5 Å². The molecule has 0 spiro atoms. The van der Waals surface area contributed by atoms with E-state index in [2.05, 4.69) is 43.5 Å². The summed E-state index contributed by atoms with van der Waals surface area (Å²) in [5.74, 6) is -0.147. The number of ether oxygens (including phenoxy) is 1. The SMILES string of the molecule is CCCCCCCCC/C=C\CCCCCCCC(=O)OCCCC/C=C\CCCCCCC(=O)NC(CO)C(O)/C=C/CCCCCCCCCCCCCCCCCCCCCCCCC. The zero-order chi connectivity index (χ0) is 49.3. The Labute approximate surface area is 424 Å². The van der Waals surface area contributed by atoms with Gasteiger partial charge in [-0.2, -0.15) is 0 Å². The second-order valence-electron chi connectivity index (χ2n) is 20.7. The van der Waals surface area contributed by atoms with Crippen LogP contribution in [0.1, 0.15) is 322 Å². The van der Waals surface area contributed by atoms with E-state index in [0.29, 0.717) is 19.4 Å². The lowest BCUT2D eigenvalue weighted by molar-refractivity contribution is -0.143. The fourth-order valence-corrected chi connectivity index (χ4v) is 9.21. The molecule has 0 aromatic rings. The molecule has 0 fully saturated rings. The molecule has 0 aliphatic heterocycles. The Kier molecular flexibility index (Phi) is 56.0. The fourth-order valence-electron chi connectivity index (χ4n) is 9.21. The van der Waals surface area contributed by atoms with Crippen molar-refractivity contribution in [2.24, 2.45) is 0 Å². The zero-order valence-corrected chi connectivity index (χ0v) is 45.6. The van der Waals surface area contributed by atoms with Gasteiger partial charge < -0.3 is 20.3 Å². The van der Waals surface area contributed by atoms with Gasteiger partial charge in [0.25, 0.3) is 0 Å². The van der Waals surface area contributed by atoms with Gasteiger partial charge in [-0.3, -0.25) is 9.59 Å². The molecule has 0 aliphatic rings. The van der Waals surface area contributed by atoms with Crippen molar-refractivity contribution in [3.8, 4) is 0 Å². The van der Waals surface area contributed by atoms with Crippen LogP contribution in [0.15, 0.2) is 36.5 Å². The average Bonchev–Trinajstić information content (AvgIpc) is 3.34. The summed E-state index contributed by atoms with van der Waals surface area (Å²) in [6.45, 7) is 4.83. The van der Waals surface area contributed by atoms with Gasteiger partial charge in [-0.25, -0.2) is 0 Å². The molecule has 6 nitrogen and oxygen atoms in total. The Balaban J connectivity index is 3.54. The standard InChI is InChI=1S/C62H117NO5/c1-3-5-7-9-11-13-15-17-19-21-22-23-24-25-26-27-28-29-30-32-34-38-42-46-50-54-60(65)59(58-64)63-61(66)55-51-47-43-39-36-37-41-45-49-53-57-68-62(67)56-52-48-44-40-35-33-31-20-18-16-14-12-10-8-6-4-2/h20,31,37,41,50,54,59-60,64-65H,3-19,21-30,32-36,38-40,42-49,51-53,55-58H2,1-2H3,(H,63,66)/b31-20-,41-37-,54-50+. The van der Waals surface area contributed by atoms with Crippen molar-refractivity contribution in [3.05, 3.63) is 36.5 Å². The lowest BCUT2D eigenvalue weighted by Crippen LogP contribution is -2.45. The molecule has 0 saturated heterocycles. The molecule has 0 radical (unpaired) electrons. The van der Waals surface area contributed by atoms with E-state index in [9.17, 15) is 19.8 Å². The highest BCUT2D eigenvalue weighted by atomic mass is 16.5. The molecule has 0 bridgehead atoms. The van der Waals surface area contributed by atoms with Crippen molar-refractivity contribution in [2.45, 2.75) is 334 Å². The molecular weight excluding hydrogens is 839 g/mol. The van der Waals surface area contributed by atoms with Crippen LogP contribution in [0.5, 0.6) is 0 Å². The van der Waals surface area contributed by atoms with Gasteiger partial charge in [0.15, 0.2) is 0 Å². The van der Waals surface area contributed by atoms with Crippen molar-refractivity contribution in [2.75, 3.05) is 13.2 Å². The van der Waals surface area contributed by atoms with E-state index in [4.69, 9.17) is 4.74 Å². The number of carbonyl (C=O) groups is 2.